The summed E-state index contributed by atoms with van der Waals surface area (Å²) < 4.78 is 2.18. The van der Waals surface area contributed by atoms with Gasteiger partial charge in [-0.3, -0.25) is 4.90 Å². The second-order valence-corrected chi connectivity index (χ2v) is 6.48. The third-order valence-corrected chi connectivity index (χ3v) is 5.01. The molecule has 0 aliphatic carbocycles. The average molecular weight is 277 g/mol. The lowest BCUT2D eigenvalue weighted by Gasteiger charge is -2.49. The minimum atomic E-state index is -0.568. The average Bonchev–Trinajstić information content (AvgIpc) is 2.87. The summed E-state index contributed by atoms with van der Waals surface area (Å²) in [6.07, 6.45) is 11.7. The van der Waals surface area contributed by atoms with Gasteiger partial charge in [0.1, 0.15) is 5.82 Å². The van der Waals surface area contributed by atoms with Crippen LogP contribution in [-0.2, 0) is 13.0 Å². The fourth-order valence-corrected chi connectivity index (χ4v) is 4.04. The minimum absolute atomic E-state index is 0.349. The lowest BCUT2D eigenvalue weighted by Crippen LogP contribution is -2.60. The van der Waals surface area contributed by atoms with Crippen molar-refractivity contribution in [3.05, 3.63) is 18.2 Å². The van der Waals surface area contributed by atoms with E-state index >= 15 is 0 Å². The number of aliphatic hydroxyl groups is 1. The fraction of sp³-hybridized carbons (Fsp3) is 0.812. The van der Waals surface area contributed by atoms with Crippen molar-refractivity contribution in [2.24, 2.45) is 0 Å². The van der Waals surface area contributed by atoms with Crippen molar-refractivity contribution in [3.63, 3.8) is 0 Å². The molecule has 0 saturated carbocycles. The second-order valence-electron chi connectivity index (χ2n) is 6.48. The molecule has 2 saturated heterocycles. The number of imidazole rings is 1. The van der Waals surface area contributed by atoms with Gasteiger partial charge in [-0.1, -0.05) is 13.3 Å². The largest absolute Gasteiger partial charge is 0.386 e. The maximum Gasteiger partial charge on any atom is 0.108 e. The smallest absolute Gasteiger partial charge is 0.108 e. The normalized spacial score (nSPS) is 31.2. The van der Waals surface area contributed by atoms with E-state index in [2.05, 4.69) is 21.4 Å². The van der Waals surface area contributed by atoms with Crippen LogP contribution in [0.4, 0.5) is 0 Å². The summed E-state index contributed by atoms with van der Waals surface area (Å²) in [6, 6.07) is 0.349. The van der Waals surface area contributed by atoms with E-state index in [4.69, 9.17) is 0 Å². The summed E-state index contributed by atoms with van der Waals surface area (Å²) in [5, 5.41) is 11.2. The Kier molecular flexibility index (Phi) is 4.13. The highest BCUT2D eigenvalue weighted by Crippen LogP contribution is 2.35. The number of rotatable bonds is 4. The molecule has 0 spiro atoms. The molecule has 4 heteroatoms. The molecule has 20 heavy (non-hydrogen) atoms. The first-order chi connectivity index (χ1) is 9.73. The number of nitrogens with zero attached hydrogens (tertiary/aromatic N) is 3. The first kappa shape index (κ1) is 14.1. The van der Waals surface area contributed by atoms with Crippen LogP contribution in [0, 0.1) is 0 Å². The summed E-state index contributed by atoms with van der Waals surface area (Å²) in [5.74, 6) is 1.12. The Labute approximate surface area is 121 Å². The van der Waals surface area contributed by atoms with Gasteiger partial charge < -0.3 is 9.67 Å². The van der Waals surface area contributed by atoms with E-state index in [1.54, 1.807) is 0 Å². The highest BCUT2D eigenvalue weighted by atomic mass is 16.3. The Morgan fingerprint density at radius 3 is 3.05 bits per heavy atom. The second kappa shape index (κ2) is 5.86. The zero-order valence-corrected chi connectivity index (χ0v) is 12.6. The molecule has 2 aliphatic rings. The van der Waals surface area contributed by atoms with Crippen molar-refractivity contribution in [2.75, 3.05) is 13.1 Å². The van der Waals surface area contributed by atoms with E-state index in [9.17, 15) is 5.11 Å². The Morgan fingerprint density at radius 2 is 2.20 bits per heavy atom. The maximum atomic E-state index is 11.2. The molecule has 0 amide bonds. The molecule has 3 rings (SSSR count). The lowest BCUT2D eigenvalue weighted by molar-refractivity contribution is -0.104. The van der Waals surface area contributed by atoms with E-state index in [1.807, 2.05) is 12.4 Å². The molecule has 2 fully saturated rings. The third kappa shape index (κ3) is 2.63. The van der Waals surface area contributed by atoms with Crippen molar-refractivity contribution in [2.45, 2.75) is 70.1 Å². The molecule has 1 aromatic rings. The summed E-state index contributed by atoms with van der Waals surface area (Å²) >= 11 is 0. The summed E-state index contributed by atoms with van der Waals surface area (Å²) in [6.45, 7) is 5.22. The molecule has 0 radical (unpaired) electrons. The Morgan fingerprint density at radius 1 is 1.35 bits per heavy atom. The molecule has 2 atom stereocenters. The highest BCUT2D eigenvalue weighted by Gasteiger charge is 2.44. The molecular weight excluding hydrogens is 250 g/mol. The van der Waals surface area contributed by atoms with Gasteiger partial charge in [0.15, 0.2) is 0 Å². The quantitative estimate of drug-likeness (QED) is 0.917. The molecule has 0 bridgehead atoms. The SMILES string of the molecule is CCCc1nccn1C[C@]1(O)CCCN2CCCC[C@@H]21. The number of aryl methyl sites for hydroxylation is 1. The maximum absolute atomic E-state index is 11.2. The van der Waals surface area contributed by atoms with Crippen molar-refractivity contribution in [1.82, 2.24) is 14.5 Å². The zero-order chi connectivity index (χ0) is 14.0. The van der Waals surface area contributed by atoms with Gasteiger partial charge in [0, 0.05) is 24.9 Å². The van der Waals surface area contributed by atoms with Crippen LogP contribution in [0.25, 0.3) is 0 Å². The van der Waals surface area contributed by atoms with Crippen LogP contribution in [0.5, 0.6) is 0 Å². The molecule has 0 aromatic carbocycles. The van der Waals surface area contributed by atoms with Gasteiger partial charge in [-0.15, -0.1) is 0 Å². The van der Waals surface area contributed by atoms with Crippen LogP contribution < -0.4 is 0 Å². The predicted octanol–water partition coefficient (Wildman–Crippen LogP) is 2.21. The molecular formula is C16H27N3O. The number of aromatic nitrogens is 2. The molecule has 1 N–H and O–H groups in total. The summed E-state index contributed by atoms with van der Waals surface area (Å²) in [7, 11) is 0. The van der Waals surface area contributed by atoms with Crippen LogP contribution in [0.3, 0.4) is 0 Å². The molecule has 0 unspecified atom stereocenters. The molecule has 2 aliphatic heterocycles. The zero-order valence-electron chi connectivity index (χ0n) is 12.6. The van der Waals surface area contributed by atoms with Crippen molar-refractivity contribution in [1.29, 1.82) is 0 Å². The Hall–Kier alpha value is -0.870. The van der Waals surface area contributed by atoms with E-state index in [0.717, 1.165) is 37.9 Å². The van der Waals surface area contributed by atoms with Gasteiger partial charge in [-0.25, -0.2) is 4.98 Å². The monoisotopic (exact) mass is 277 g/mol. The van der Waals surface area contributed by atoms with Gasteiger partial charge in [-0.2, -0.15) is 0 Å². The number of fused-ring (bicyclic) bond motifs is 1. The molecule has 1 aromatic heterocycles. The Bertz CT molecular complexity index is 443. The lowest BCUT2D eigenvalue weighted by atomic mass is 9.79. The Balaban J connectivity index is 1.78. The molecule has 4 nitrogen and oxygen atoms in total. The third-order valence-electron chi connectivity index (χ3n) is 5.01. The van der Waals surface area contributed by atoms with Gasteiger partial charge in [-0.05, 0) is 45.2 Å². The van der Waals surface area contributed by atoms with Gasteiger partial charge >= 0.3 is 0 Å². The predicted molar refractivity (Wildman–Crippen MR) is 79.6 cm³/mol. The number of hydrogen-bond acceptors (Lipinski definition) is 3. The van der Waals surface area contributed by atoms with E-state index in [1.165, 1.54) is 25.9 Å². The topological polar surface area (TPSA) is 41.3 Å². The van der Waals surface area contributed by atoms with E-state index < -0.39 is 5.60 Å². The van der Waals surface area contributed by atoms with Crippen LogP contribution in [0.2, 0.25) is 0 Å². The van der Waals surface area contributed by atoms with E-state index in [-0.39, 0.29) is 0 Å². The summed E-state index contributed by atoms with van der Waals surface area (Å²) in [4.78, 5) is 6.96. The number of hydrogen-bond donors (Lipinski definition) is 1. The van der Waals surface area contributed by atoms with Crippen LogP contribution in [0.1, 0.15) is 51.3 Å². The highest BCUT2D eigenvalue weighted by molar-refractivity contribution is 5.02. The van der Waals surface area contributed by atoms with Crippen LogP contribution in [-0.4, -0.2) is 44.3 Å². The van der Waals surface area contributed by atoms with Gasteiger partial charge in [0.05, 0.1) is 12.1 Å². The fourth-order valence-electron chi connectivity index (χ4n) is 4.04. The van der Waals surface area contributed by atoms with Gasteiger partial charge in [0.25, 0.3) is 0 Å². The number of piperidine rings is 2. The first-order valence-electron chi connectivity index (χ1n) is 8.19. The summed E-state index contributed by atoms with van der Waals surface area (Å²) in [5.41, 5.74) is -0.568. The standard InChI is InChI=1S/C16H27N3O/c1-2-6-15-17-9-12-19(15)13-16(20)8-5-11-18-10-4-3-7-14(16)18/h9,12,14,20H,2-8,10-11,13H2,1H3/t14-,16-/m1/s1. The minimum Gasteiger partial charge on any atom is -0.386 e. The van der Waals surface area contributed by atoms with Crippen LogP contribution >= 0.6 is 0 Å². The first-order valence-corrected chi connectivity index (χ1v) is 8.19. The van der Waals surface area contributed by atoms with Crippen LogP contribution in [0.15, 0.2) is 12.4 Å². The van der Waals surface area contributed by atoms with Gasteiger partial charge in [0.2, 0.25) is 0 Å². The van der Waals surface area contributed by atoms with Crippen molar-refractivity contribution < 1.29 is 5.11 Å². The van der Waals surface area contributed by atoms with Crippen molar-refractivity contribution in [3.8, 4) is 0 Å². The van der Waals surface area contributed by atoms with Crippen molar-refractivity contribution >= 4 is 0 Å². The molecule has 3 heterocycles. The van der Waals surface area contributed by atoms with E-state index in [0.29, 0.717) is 12.6 Å². The molecule has 112 valence electrons.